The topological polar surface area (TPSA) is 92.5 Å². The molecule has 3 N–H and O–H groups in total. The maximum Gasteiger partial charge on any atom is 0.251 e. The van der Waals surface area contributed by atoms with Crippen LogP contribution in [0.15, 0.2) is 23.1 Å². The van der Waals surface area contributed by atoms with Crippen LogP contribution in [0.5, 0.6) is 0 Å². The van der Waals surface area contributed by atoms with Crippen molar-refractivity contribution in [3.63, 3.8) is 0 Å². The first-order valence-electron chi connectivity index (χ1n) is 7.56. The molecule has 0 aromatic heterocycles. The summed E-state index contributed by atoms with van der Waals surface area (Å²) in [4.78, 5) is 12.2. The molecule has 0 unspecified atom stereocenters. The summed E-state index contributed by atoms with van der Waals surface area (Å²) in [5.74, 6) is -0.305. The summed E-state index contributed by atoms with van der Waals surface area (Å²) in [5.41, 5.74) is 6.35. The summed E-state index contributed by atoms with van der Waals surface area (Å²) in [6.45, 7) is 3.55. The van der Waals surface area contributed by atoms with E-state index in [1.807, 2.05) is 0 Å². The van der Waals surface area contributed by atoms with Crippen LogP contribution in [0, 0.1) is 6.92 Å². The van der Waals surface area contributed by atoms with E-state index in [1.54, 1.807) is 19.1 Å². The molecule has 2 rings (SSSR count). The summed E-state index contributed by atoms with van der Waals surface area (Å²) in [7, 11) is -3.54. The highest BCUT2D eigenvalue weighted by atomic mass is 35.5. The van der Waals surface area contributed by atoms with E-state index in [0.29, 0.717) is 37.3 Å². The molecule has 1 heterocycles. The van der Waals surface area contributed by atoms with E-state index < -0.39 is 10.0 Å². The van der Waals surface area contributed by atoms with Crippen LogP contribution in [-0.4, -0.2) is 44.8 Å². The number of benzene rings is 1. The second-order valence-corrected chi connectivity index (χ2v) is 7.40. The van der Waals surface area contributed by atoms with E-state index in [1.165, 1.54) is 10.4 Å². The number of nitrogens with zero attached hydrogens (tertiary/aromatic N) is 1. The molecule has 130 valence electrons. The first kappa shape index (κ1) is 19.9. The van der Waals surface area contributed by atoms with Gasteiger partial charge >= 0.3 is 0 Å². The van der Waals surface area contributed by atoms with Crippen molar-refractivity contribution in [2.24, 2.45) is 5.73 Å². The molecule has 1 aliphatic rings. The van der Waals surface area contributed by atoms with E-state index in [2.05, 4.69) is 5.32 Å². The third-order valence-electron chi connectivity index (χ3n) is 3.81. The van der Waals surface area contributed by atoms with Gasteiger partial charge in [-0.1, -0.05) is 12.5 Å². The number of piperidine rings is 1. The van der Waals surface area contributed by atoms with Gasteiger partial charge in [-0.3, -0.25) is 4.79 Å². The van der Waals surface area contributed by atoms with Gasteiger partial charge in [0.05, 0.1) is 4.90 Å². The SMILES string of the molecule is Cc1ccc(C(=O)NCCN)cc1S(=O)(=O)N1CCCCC1.Cl. The van der Waals surface area contributed by atoms with Gasteiger partial charge < -0.3 is 11.1 Å². The highest BCUT2D eigenvalue weighted by molar-refractivity contribution is 7.89. The number of amides is 1. The van der Waals surface area contributed by atoms with E-state index in [4.69, 9.17) is 5.73 Å². The van der Waals surface area contributed by atoms with Gasteiger partial charge in [0.15, 0.2) is 0 Å². The molecule has 1 saturated heterocycles. The summed E-state index contributed by atoms with van der Waals surface area (Å²) >= 11 is 0. The van der Waals surface area contributed by atoms with Crippen molar-refractivity contribution in [2.75, 3.05) is 26.2 Å². The average molecular weight is 362 g/mol. The minimum atomic E-state index is -3.54. The van der Waals surface area contributed by atoms with Crippen LogP contribution in [0.4, 0.5) is 0 Å². The van der Waals surface area contributed by atoms with Crippen LogP contribution in [0.25, 0.3) is 0 Å². The third-order valence-corrected chi connectivity index (χ3v) is 5.85. The van der Waals surface area contributed by atoms with Gasteiger partial charge in [-0.05, 0) is 37.5 Å². The van der Waals surface area contributed by atoms with Crippen molar-refractivity contribution in [3.05, 3.63) is 29.3 Å². The second kappa shape index (κ2) is 8.63. The first-order chi connectivity index (χ1) is 10.5. The number of carbonyl (C=O) groups is 1. The zero-order valence-corrected chi connectivity index (χ0v) is 14.9. The Kier molecular flexibility index (Phi) is 7.47. The molecule has 0 bridgehead atoms. The van der Waals surface area contributed by atoms with Crippen molar-refractivity contribution in [1.29, 1.82) is 0 Å². The Labute approximate surface area is 143 Å². The zero-order valence-electron chi connectivity index (χ0n) is 13.2. The van der Waals surface area contributed by atoms with Gasteiger partial charge in [-0.25, -0.2) is 8.42 Å². The molecular weight excluding hydrogens is 338 g/mol. The molecule has 0 saturated carbocycles. The Balaban J connectivity index is 0.00000264. The summed E-state index contributed by atoms with van der Waals surface area (Å²) in [6, 6.07) is 4.77. The molecule has 0 atom stereocenters. The molecule has 23 heavy (non-hydrogen) atoms. The standard InChI is InChI=1S/C15H23N3O3S.ClH/c1-12-5-6-13(15(19)17-8-7-16)11-14(12)22(20,21)18-9-3-2-4-10-18;/h5-6,11H,2-4,7-10,16H2,1H3,(H,17,19);1H. The molecule has 1 amide bonds. The van der Waals surface area contributed by atoms with E-state index in [9.17, 15) is 13.2 Å². The van der Waals surface area contributed by atoms with Crippen molar-refractivity contribution < 1.29 is 13.2 Å². The Morgan fingerprint density at radius 1 is 1.26 bits per heavy atom. The van der Waals surface area contributed by atoms with E-state index in [0.717, 1.165) is 19.3 Å². The smallest absolute Gasteiger partial charge is 0.251 e. The quantitative estimate of drug-likeness (QED) is 0.826. The molecule has 0 radical (unpaired) electrons. The fourth-order valence-corrected chi connectivity index (χ4v) is 4.32. The Morgan fingerprint density at radius 2 is 1.91 bits per heavy atom. The minimum absolute atomic E-state index is 0. The fourth-order valence-electron chi connectivity index (χ4n) is 2.55. The number of hydrogen-bond acceptors (Lipinski definition) is 4. The monoisotopic (exact) mass is 361 g/mol. The summed E-state index contributed by atoms with van der Waals surface area (Å²) < 4.78 is 27.1. The number of rotatable bonds is 5. The van der Waals surface area contributed by atoms with Crippen molar-refractivity contribution in [1.82, 2.24) is 9.62 Å². The molecule has 1 aliphatic heterocycles. The lowest BCUT2D eigenvalue weighted by Crippen LogP contribution is -2.36. The summed E-state index contributed by atoms with van der Waals surface area (Å²) in [6.07, 6.45) is 2.83. The Morgan fingerprint density at radius 3 is 2.52 bits per heavy atom. The number of nitrogens with two attached hydrogens (primary N) is 1. The van der Waals surface area contributed by atoms with E-state index in [-0.39, 0.29) is 23.2 Å². The highest BCUT2D eigenvalue weighted by Gasteiger charge is 2.28. The molecule has 8 heteroatoms. The second-order valence-electron chi connectivity index (χ2n) is 5.49. The van der Waals surface area contributed by atoms with Crippen molar-refractivity contribution in [3.8, 4) is 0 Å². The Hall–Kier alpha value is -1.15. The molecule has 1 aromatic rings. The molecule has 6 nitrogen and oxygen atoms in total. The Bertz CT molecular complexity index is 643. The molecular formula is C15H24ClN3O3S. The lowest BCUT2D eigenvalue weighted by Gasteiger charge is -2.26. The molecule has 0 aliphatic carbocycles. The van der Waals surface area contributed by atoms with Crippen LogP contribution in [0.1, 0.15) is 35.2 Å². The number of carbonyl (C=O) groups excluding carboxylic acids is 1. The van der Waals surface area contributed by atoms with Gasteiger partial charge in [-0.2, -0.15) is 4.31 Å². The summed E-state index contributed by atoms with van der Waals surface area (Å²) in [5, 5.41) is 2.65. The number of hydrogen-bond donors (Lipinski definition) is 2. The van der Waals surface area contributed by atoms with Crippen LogP contribution in [0.3, 0.4) is 0 Å². The minimum Gasteiger partial charge on any atom is -0.351 e. The van der Waals surface area contributed by atoms with Gasteiger partial charge in [0.2, 0.25) is 10.0 Å². The fraction of sp³-hybridized carbons (Fsp3) is 0.533. The van der Waals surface area contributed by atoms with Crippen LogP contribution in [-0.2, 0) is 10.0 Å². The van der Waals surface area contributed by atoms with Crippen molar-refractivity contribution >= 4 is 28.3 Å². The van der Waals surface area contributed by atoms with Gasteiger partial charge in [0.1, 0.15) is 0 Å². The molecule has 0 spiro atoms. The van der Waals surface area contributed by atoms with Gasteiger partial charge in [0.25, 0.3) is 5.91 Å². The number of sulfonamides is 1. The van der Waals surface area contributed by atoms with Crippen LogP contribution in [0.2, 0.25) is 0 Å². The largest absolute Gasteiger partial charge is 0.351 e. The predicted octanol–water partition coefficient (Wildman–Crippen LogP) is 1.28. The lowest BCUT2D eigenvalue weighted by molar-refractivity contribution is 0.0954. The zero-order chi connectivity index (χ0) is 16.2. The number of aryl methyl sites for hydroxylation is 1. The first-order valence-corrected chi connectivity index (χ1v) is 9.00. The van der Waals surface area contributed by atoms with Crippen LogP contribution < -0.4 is 11.1 Å². The van der Waals surface area contributed by atoms with Crippen molar-refractivity contribution in [2.45, 2.75) is 31.1 Å². The maximum atomic E-state index is 12.8. The highest BCUT2D eigenvalue weighted by Crippen LogP contribution is 2.24. The normalized spacial score (nSPS) is 15.7. The molecule has 1 aromatic carbocycles. The third kappa shape index (κ3) is 4.67. The average Bonchev–Trinajstić information content (AvgIpc) is 2.53. The number of nitrogens with one attached hydrogen (secondary N) is 1. The maximum absolute atomic E-state index is 12.8. The number of halogens is 1. The predicted molar refractivity (Wildman–Crippen MR) is 92.4 cm³/mol. The van der Waals surface area contributed by atoms with Crippen LogP contribution >= 0.6 is 12.4 Å². The van der Waals surface area contributed by atoms with Gasteiger partial charge in [0, 0.05) is 31.7 Å². The molecule has 1 fully saturated rings. The van der Waals surface area contributed by atoms with Gasteiger partial charge in [-0.15, -0.1) is 12.4 Å². The van der Waals surface area contributed by atoms with E-state index >= 15 is 0 Å². The lowest BCUT2D eigenvalue weighted by atomic mass is 10.1.